The van der Waals surface area contributed by atoms with E-state index >= 15 is 0 Å². The van der Waals surface area contributed by atoms with Crippen LogP contribution in [0.1, 0.15) is 45.4 Å². The zero-order valence-corrected chi connectivity index (χ0v) is 15.5. The minimum Gasteiger partial charge on any atom is -0.473 e. The molecule has 7 nitrogen and oxygen atoms in total. The lowest BCUT2D eigenvalue weighted by atomic mass is 9.94. The first-order valence-electron chi connectivity index (χ1n) is 9.14. The average molecular weight is 369 g/mol. The second-order valence-electron chi connectivity index (χ2n) is 6.70. The number of nitrogens with one attached hydrogen (secondary N) is 1. The van der Waals surface area contributed by atoms with Gasteiger partial charge < -0.3 is 14.8 Å². The predicted octanol–water partition coefficient (Wildman–Crippen LogP) is 1.73. The van der Waals surface area contributed by atoms with E-state index in [0.29, 0.717) is 18.1 Å². The van der Waals surface area contributed by atoms with Crippen molar-refractivity contribution < 1.29 is 17.9 Å². The molecule has 0 aromatic carbocycles. The molecule has 1 saturated carbocycles. The molecule has 1 aliphatic heterocycles. The molecule has 140 valence electrons. The topological polar surface area (TPSA) is 90.4 Å². The Morgan fingerprint density at radius 1 is 1.00 bits per heavy atom. The molecule has 2 heterocycles. The van der Waals surface area contributed by atoms with E-state index in [1.807, 2.05) is 0 Å². The quantitative estimate of drug-likeness (QED) is 0.816. The Balaban J connectivity index is 1.45. The molecule has 1 aliphatic carbocycles. The molecule has 1 aromatic rings. The number of piperidine rings is 1. The highest BCUT2D eigenvalue weighted by Gasteiger charge is 2.26. The SMILES string of the molecule is CCS(=O)(=O)c1cnc(OC2CCC(OC3CCNCC3)CC2)cn1. The Morgan fingerprint density at radius 2 is 1.64 bits per heavy atom. The van der Waals surface area contributed by atoms with E-state index in [2.05, 4.69) is 15.3 Å². The van der Waals surface area contributed by atoms with Crippen molar-refractivity contribution >= 4 is 9.84 Å². The second-order valence-corrected chi connectivity index (χ2v) is 8.92. The highest BCUT2D eigenvalue weighted by atomic mass is 32.2. The molecule has 2 fully saturated rings. The third-order valence-corrected chi connectivity index (χ3v) is 6.49. The monoisotopic (exact) mass is 369 g/mol. The van der Waals surface area contributed by atoms with Gasteiger partial charge in [0.2, 0.25) is 5.88 Å². The number of hydrogen-bond acceptors (Lipinski definition) is 7. The van der Waals surface area contributed by atoms with Gasteiger partial charge in [0.05, 0.1) is 30.4 Å². The normalized spacial score (nSPS) is 25.6. The van der Waals surface area contributed by atoms with Crippen LogP contribution in [0.3, 0.4) is 0 Å². The van der Waals surface area contributed by atoms with Crippen molar-refractivity contribution in [2.24, 2.45) is 0 Å². The van der Waals surface area contributed by atoms with Gasteiger partial charge in [-0.15, -0.1) is 0 Å². The van der Waals surface area contributed by atoms with Gasteiger partial charge in [0.25, 0.3) is 0 Å². The Bertz CT molecular complexity index is 636. The first-order chi connectivity index (χ1) is 12.1. The summed E-state index contributed by atoms with van der Waals surface area (Å²) in [7, 11) is -3.32. The van der Waals surface area contributed by atoms with Crippen LogP contribution in [-0.2, 0) is 14.6 Å². The molecule has 25 heavy (non-hydrogen) atoms. The number of sulfone groups is 1. The number of ether oxygens (including phenoxy) is 2. The van der Waals surface area contributed by atoms with E-state index in [9.17, 15) is 8.42 Å². The van der Waals surface area contributed by atoms with Crippen LogP contribution in [0.15, 0.2) is 17.4 Å². The van der Waals surface area contributed by atoms with Crippen LogP contribution in [-0.4, -0.2) is 55.5 Å². The molecule has 0 unspecified atom stereocenters. The van der Waals surface area contributed by atoms with Crippen LogP contribution in [0, 0.1) is 0 Å². The van der Waals surface area contributed by atoms with Gasteiger partial charge in [0.15, 0.2) is 14.9 Å². The highest BCUT2D eigenvalue weighted by Crippen LogP contribution is 2.26. The smallest absolute Gasteiger partial charge is 0.232 e. The molecular weight excluding hydrogens is 342 g/mol. The molecule has 0 radical (unpaired) electrons. The van der Waals surface area contributed by atoms with Gasteiger partial charge in [-0.05, 0) is 51.6 Å². The summed E-state index contributed by atoms with van der Waals surface area (Å²) in [5.41, 5.74) is 0. The van der Waals surface area contributed by atoms with Crippen molar-refractivity contribution in [1.82, 2.24) is 15.3 Å². The average Bonchev–Trinajstić information content (AvgIpc) is 2.65. The number of aromatic nitrogens is 2. The summed E-state index contributed by atoms with van der Waals surface area (Å²) in [4.78, 5) is 8.07. The fourth-order valence-electron chi connectivity index (χ4n) is 3.33. The lowest BCUT2D eigenvalue weighted by Gasteiger charge is -2.32. The van der Waals surface area contributed by atoms with Gasteiger partial charge in [-0.1, -0.05) is 6.92 Å². The van der Waals surface area contributed by atoms with E-state index in [1.165, 1.54) is 12.4 Å². The predicted molar refractivity (Wildman–Crippen MR) is 93.4 cm³/mol. The summed E-state index contributed by atoms with van der Waals surface area (Å²) in [5.74, 6) is 0.404. The third kappa shape index (κ3) is 5.12. The third-order valence-electron chi connectivity index (χ3n) is 4.88. The van der Waals surface area contributed by atoms with E-state index in [4.69, 9.17) is 9.47 Å². The molecule has 3 rings (SSSR count). The second kappa shape index (κ2) is 8.42. The molecule has 0 atom stereocenters. The molecule has 0 bridgehead atoms. The van der Waals surface area contributed by atoms with Gasteiger partial charge in [0.1, 0.15) is 6.10 Å². The van der Waals surface area contributed by atoms with E-state index in [-0.39, 0.29) is 16.9 Å². The summed E-state index contributed by atoms with van der Waals surface area (Å²) in [5, 5.41) is 3.35. The summed E-state index contributed by atoms with van der Waals surface area (Å²) >= 11 is 0. The Kier molecular flexibility index (Phi) is 6.24. The van der Waals surface area contributed by atoms with Gasteiger partial charge >= 0.3 is 0 Å². The van der Waals surface area contributed by atoms with Crippen LogP contribution >= 0.6 is 0 Å². The maximum absolute atomic E-state index is 11.7. The molecule has 0 spiro atoms. The number of rotatable bonds is 6. The van der Waals surface area contributed by atoms with Gasteiger partial charge in [0, 0.05) is 0 Å². The van der Waals surface area contributed by atoms with Gasteiger partial charge in [-0.25, -0.2) is 18.4 Å². The summed E-state index contributed by atoms with van der Waals surface area (Å²) in [6, 6.07) is 0. The molecule has 1 saturated heterocycles. The van der Waals surface area contributed by atoms with Crippen molar-refractivity contribution in [3.05, 3.63) is 12.4 Å². The minimum atomic E-state index is -3.32. The van der Waals surface area contributed by atoms with Gasteiger partial charge in [-0.2, -0.15) is 0 Å². The lowest BCUT2D eigenvalue weighted by molar-refractivity contribution is -0.0552. The zero-order chi connectivity index (χ0) is 17.7. The van der Waals surface area contributed by atoms with Crippen LogP contribution in [0.5, 0.6) is 5.88 Å². The molecule has 8 heteroatoms. The lowest BCUT2D eigenvalue weighted by Crippen LogP contribution is -2.37. The fourth-order valence-corrected chi connectivity index (χ4v) is 4.06. The summed E-state index contributed by atoms with van der Waals surface area (Å²) in [6.45, 7) is 3.68. The highest BCUT2D eigenvalue weighted by molar-refractivity contribution is 7.91. The van der Waals surface area contributed by atoms with Crippen molar-refractivity contribution in [2.75, 3.05) is 18.8 Å². The van der Waals surface area contributed by atoms with Crippen molar-refractivity contribution in [2.45, 2.75) is 68.8 Å². The van der Waals surface area contributed by atoms with Crippen molar-refractivity contribution in [3.8, 4) is 5.88 Å². The van der Waals surface area contributed by atoms with Crippen LogP contribution in [0.25, 0.3) is 0 Å². The Hall–Kier alpha value is -1.25. The first-order valence-corrected chi connectivity index (χ1v) is 10.8. The largest absolute Gasteiger partial charge is 0.473 e. The Labute approximate surface area is 149 Å². The number of nitrogens with zero attached hydrogens (tertiary/aromatic N) is 2. The van der Waals surface area contributed by atoms with E-state index in [1.54, 1.807) is 6.92 Å². The maximum atomic E-state index is 11.7. The van der Waals surface area contributed by atoms with Crippen LogP contribution in [0.2, 0.25) is 0 Å². The van der Waals surface area contributed by atoms with Crippen LogP contribution < -0.4 is 10.1 Å². The maximum Gasteiger partial charge on any atom is 0.232 e. The van der Waals surface area contributed by atoms with E-state index < -0.39 is 9.84 Å². The van der Waals surface area contributed by atoms with Crippen LogP contribution in [0.4, 0.5) is 0 Å². The van der Waals surface area contributed by atoms with Gasteiger partial charge in [-0.3, -0.25) is 0 Å². The standard InChI is InChI=1S/C17H27N3O4S/c1-2-25(21,22)17-12-19-16(11-20-17)24-14-5-3-13(4-6-14)23-15-7-9-18-10-8-15/h11-15,18H,2-10H2,1H3. The summed E-state index contributed by atoms with van der Waals surface area (Å²) in [6.07, 6.45) is 9.51. The van der Waals surface area contributed by atoms with Crippen molar-refractivity contribution in [1.29, 1.82) is 0 Å². The van der Waals surface area contributed by atoms with Crippen molar-refractivity contribution in [3.63, 3.8) is 0 Å². The molecule has 0 amide bonds. The fraction of sp³-hybridized carbons (Fsp3) is 0.765. The molecule has 1 N–H and O–H groups in total. The zero-order valence-electron chi connectivity index (χ0n) is 14.7. The molecule has 1 aromatic heterocycles. The first kappa shape index (κ1) is 18.5. The van der Waals surface area contributed by atoms with E-state index in [0.717, 1.165) is 51.6 Å². The summed E-state index contributed by atoms with van der Waals surface area (Å²) < 4.78 is 35.5. The molecule has 2 aliphatic rings. The minimum absolute atomic E-state index is 0.00132. The molecular formula is C17H27N3O4S. The Morgan fingerprint density at radius 3 is 2.24 bits per heavy atom. The number of hydrogen-bond donors (Lipinski definition) is 1.